The molecule has 0 saturated heterocycles. The molecule has 5 nitrogen and oxygen atoms in total. The number of ether oxygens (including phenoxy) is 1. The quantitative estimate of drug-likeness (QED) is 0.761. The number of nitrogens with two attached hydrogens (primary N) is 1. The van der Waals surface area contributed by atoms with Gasteiger partial charge < -0.3 is 20.0 Å². The number of carbonyl (C=O) groups is 1. The van der Waals surface area contributed by atoms with Gasteiger partial charge in [0.15, 0.2) is 5.82 Å². The molecule has 0 aliphatic rings. The Morgan fingerprint density at radius 2 is 1.88 bits per heavy atom. The van der Waals surface area contributed by atoms with Crippen molar-refractivity contribution in [1.29, 1.82) is 0 Å². The maximum atomic E-state index is 14.3. The van der Waals surface area contributed by atoms with E-state index in [2.05, 4.69) is 4.74 Å². The largest absolute Gasteiger partial charge is 0.541 e. The van der Waals surface area contributed by atoms with Crippen molar-refractivity contribution in [3.8, 4) is 5.75 Å². The first-order chi connectivity index (χ1) is 10.9. The Hall–Kier alpha value is -1.67. The van der Waals surface area contributed by atoms with Gasteiger partial charge in [0.1, 0.15) is 17.7 Å². The predicted octanol–water partition coefficient (Wildman–Crippen LogP) is 3.35. The average molecular weight is 361 g/mol. The summed E-state index contributed by atoms with van der Waals surface area (Å²) < 4.78 is 39.0. The summed E-state index contributed by atoms with van der Waals surface area (Å²) in [5.41, 5.74) is 4.84. The number of rotatable bonds is 6. The van der Waals surface area contributed by atoms with Crippen LogP contribution >= 0.6 is 0 Å². The third-order valence-electron chi connectivity index (χ3n) is 4.21. The fourth-order valence-electron chi connectivity index (χ4n) is 1.79. The molecule has 0 radical (unpaired) electrons. The first-order valence-corrected chi connectivity index (χ1v) is 10.5. The number of amides is 1. The summed E-state index contributed by atoms with van der Waals surface area (Å²) in [5.74, 6) is -1.54. The molecule has 1 amide bonds. The molecule has 1 aromatic rings. The van der Waals surface area contributed by atoms with Crippen molar-refractivity contribution in [1.82, 2.24) is 0 Å². The topological polar surface area (TPSA) is 81.8 Å². The van der Waals surface area contributed by atoms with E-state index in [4.69, 9.17) is 15.3 Å². The van der Waals surface area contributed by atoms with Crippen molar-refractivity contribution in [3.63, 3.8) is 0 Å². The smallest absolute Gasteiger partial charge is 0.404 e. The van der Waals surface area contributed by atoms with Crippen LogP contribution in [0.15, 0.2) is 12.1 Å². The van der Waals surface area contributed by atoms with E-state index in [1.807, 2.05) is 33.9 Å². The summed E-state index contributed by atoms with van der Waals surface area (Å²) in [6, 6.07) is 1.98. The molecule has 0 saturated carbocycles. The second kappa shape index (κ2) is 7.48. The molecule has 0 aliphatic carbocycles. The fourth-order valence-corrected chi connectivity index (χ4v) is 2.80. The highest BCUT2D eigenvalue weighted by Gasteiger charge is 2.39. The van der Waals surface area contributed by atoms with Gasteiger partial charge in [-0.2, -0.15) is 0 Å². The molecule has 8 heteroatoms. The van der Waals surface area contributed by atoms with E-state index in [-0.39, 0.29) is 22.8 Å². The monoisotopic (exact) mass is 361 g/mol. The van der Waals surface area contributed by atoms with Gasteiger partial charge in [0.25, 0.3) is 8.32 Å². The van der Waals surface area contributed by atoms with Crippen LogP contribution in [0.1, 0.15) is 26.3 Å². The normalized spacial score (nSPS) is 13.5. The van der Waals surface area contributed by atoms with Crippen LogP contribution in [0.5, 0.6) is 5.75 Å². The number of aliphatic hydroxyl groups excluding tert-OH is 1. The zero-order valence-electron chi connectivity index (χ0n) is 14.7. The zero-order chi connectivity index (χ0) is 18.7. The number of aliphatic hydroxyl groups is 1. The minimum atomic E-state index is -2.31. The van der Waals surface area contributed by atoms with Crippen molar-refractivity contribution in [2.24, 2.45) is 5.73 Å². The van der Waals surface area contributed by atoms with Gasteiger partial charge in [0.2, 0.25) is 0 Å². The van der Waals surface area contributed by atoms with E-state index in [9.17, 15) is 13.6 Å². The fraction of sp³-hybridized carbons (Fsp3) is 0.562. The second-order valence-corrected chi connectivity index (χ2v) is 11.9. The van der Waals surface area contributed by atoms with Crippen molar-refractivity contribution in [2.75, 3.05) is 6.61 Å². The number of primary amides is 1. The SMILES string of the molecule is CC(C)(C)[Si](C)(C)Oc1cc(F)c(C[C@@H](CO)OC(N)=O)cc1F. The number of halogens is 2. The lowest BCUT2D eigenvalue weighted by Crippen LogP contribution is -2.44. The molecule has 3 N–H and O–H groups in total. The minimum absolute atomic E-state index is 0.0321. The number of hydrogen-bond donors (Lipinski definition) is 2. The van der Waals surface area contributed by atoms with Gasteiger partial charge in [0.05, 0.1) is 6.61 Å². The lowest BCUT2D eigenvalue weighted by Gasteiger charge is -2.36. The van der Waals surface area contributed by atoms with Gasteiger partial charge in [0, 0.05) is 12.5 Å². The first-order valence-electron chi connectivity index (χ1n) is 7.61. The molecule has 0 fully saturated rings. The Balaban J connectivity index is 3.03. The van der Waals surface area contributed by atoms with Crippen LogP contribution in [-0.2, 0) is 11.2 Å². The summed E-state index contributed by atoms with van der Waals surface area (Å²) in [5, 5.41) is 8.96. The number of hydrogen-bond acceptors (Lipinski definition) is 4. The molecule has 1 atom stereocenters. The van der Waals surface area contributed by atoms with Crippen molar-refractivity contribution >= 4 is 14.4 Å². The molecule has 0 aliphatic heterocycles. The zero-order valence-corrected chi connectivity index (χ0v) is 15.7. The van der Waals surface area contributed by atoms with E-state index >= 15 is 0 Å². The van der Waals surface area contributed by atoms with Gasteiger partial charge in [-0.25, -0.2) is 13.6 Å². The second-order valence-electron chi connectivity index (χ2n) is 7.18. The minimum Gasteiger partial charge on any atom is -0.541 e. The highest BCUT2D eigenvalue weighted by atomic mass is 28.4. The van der Waals surface area contributed by atoms with Crippen molar-refractivity contribution in [2.45, 2.75) is 51.4 Å². The Labute approximate surface area is 141 Å². The van der Waals surface area contributed by atoms with E-state index in [1.54, 1.807) is 0 Å². The molecular weight excluding hydrogens is 336 g/mol. The molecule has 0 aromatic heterocycles. The van der Waals surface area contributed by atoms with Crippen LogP contribution in [0.2, 0.25) is 18.1 Å². The lowest BCUT2D eigenvalue weighted by molar-refractivity contribution is 0.0634. The van der Waals surface area contributed by atoms with E-state index in [0.717, 1.165) is 12.1 Å². The van der Waals surface area contributed by atoms with Crippen LogP contribution in [0.3, 0.4) is 0 Å². The van der Waals surface area contributed by atoms with Crippen LogP contribution in [-0.4, -0.2) is 32.2 Å². The summed E-state index contributed by atoms with van der Waals surface area (Å²) in [6.45, 7) is 9.30. The average Bonchev–Trinajstić information content (AvgIpc) is 2.41. The molecule has 0 bridgehead atoms. The highest BCUT2D eigenvalue weighted by molar-refractivity contribution is 6.74. The molecule has 1 aromatic carbocycles. The molecular formula is C16H25F2NO4Si. The Kier molecular flexibility index (Phi) is 6.35. The summed E-state index contributed by atoms with van der Waals surface area (Å²) in [7, 11) is -2.31. The molecule has 0 heterocycles. The maximum Gasteiger partial charge on any atom is 0.404 e. The van der Waals surface area contributed by atoms with Gasteiger partial charge in [-0.3, -0.25) is 0 Å². The summed E-state index contributed by atoms with van der Waals surface area (Å²) in [6.07, 6.45) is -2.32. The molecule has 24 heavy (non-hydrogen) atoms. The standard InChI is InChI=1S/C16H25F2NO4Si/c1-16(2,3)24(4,5)23-14-8-12(17)10(7-13(14)18)6-11(9-20)22-15(19)21/h7-8,11,20H,6,9H2,1-5H3,(H2,19,21)/t11-/m0/s1. The Morgan fingerprint density at radius 1 is 1.29 bits per heavy atom. The number of carbonyl (C=O) groups excluding carboxylic acids is 1. The van der Waals surface area contributed by atoms with Gasteiger partial charge >= 0.3 is 6.09 Å². The van der Waals surface area contributed by atoms with Crippen LogP contribution in [0.4, 0.5) is 13.6 Å². The highest BCUT2D eigenvalue weighted by Crippen LogP contribution is 2.38. The maximum absolute atomic E-state index is 14.3. The van der Waals surface area contributed by atoms with E-state index in [1.165, 1.54) is 0 Å². The Bertz CT molecular complexity index is 602. The third-order valence-corrected chi connectivity index (χ3v) is 8.55. The summed E-state index contributed by atoms with van der Waals surface area (Å²) >= 11 is 0. The van der Waals surface area contributed by atoms with Gasteiger partial charge in [-0.15, -0.1) is 0 Å². The summed E-state index contributed by atoms with van der Waals surface area (Å²) in [4.78, 5) is 10.7. The van der Waals surface area contributed by atoms with Crippen LogP contribution in [0, 0.1) is 11.6 Å². The third kappa shape index (κ3) is 5.17. The molecule has 136 valence electrons. The van der Waals surface area contributed by atoms with Gasteiger partial charge in [-0.1, -0.05) is 20.8 Å². The lowest BCUT2D eigenvalue weighted by atomic mass is 10.1. The van der Waals surface area contributed by atoms with E-state index < -0.39 is 38.8 Å². The molecule has 0 unspecified atom stereocenters. The van der Waals surface area contributed by atoms with Crippen LogP contribution in [0.25, 0.3) is 0 Å². The van der Waals surface area contributed by atoms with Crippen molar-refractivity contribution in [3.05, 3.63) is 29.3 Å². The predicted molar refractivity (Wildman–Crippen MR) is 89.4 cm³/mol. The molecule has 0 spiro atoms. The van der Waals surface area contributed by atoms with Gasteiger partial charge in [-0.05, 0) is 29.8 Å². The first kappa shape index (κ1) is 20.4. The Morgan fingerprint density at radius 3 is 2.33 bits per heavy atom. The molecule has 1 rings (SSSR count). The number of benzene rings is 1. The van der Waals surface area contributed by atoms with Crippen molar-refractivity contribution < 1.29 is 27.8 Å². The van der Waals surface area contributed by atoms with E-state index in [0.29, 0.717) is 0 Å². The van der Waals surface area contributed by atoms with Crippen LogP contribution < -0.4 is 10.2 Å².